The average molecular weight is 300 g/mol. The third-order valence-electron chi connectivity index (χ3n) is 2.10. The summed E-state index contributed by atoms with van der Waals surface area (Å²) in [5, 5.41) is 0. The summed E-state index contributed by atoms with van der Waals surface area (Å²) in [6.45, 7) is -0.407. The molecule has 0 bridgehead atoms. The quantitative estimate of drug-likeness (QED) is 0.681. The Bertz CT molecular complexity index is 504. The van der Waals surface area contributed by atoms with Gasteiger partial charge in [0.1, 0.15) is 17.0 Å². The summed E-state index contributed by atoms with van der Waals surface area (Å²) in [6.07, 6.45) is -8.47. The first-order chi connectivity index (χ1) is 9.19. The second kappa shape index (κ2) is 5.99. The molecule has 0 aliphatic carbocycles. The zero-order chi connectivity index (χ0) is 15.5. The fourth-order valence-corrected chi connectivity index (χ4v) is 1.37. The molecule has 1 aromatic rings. The average Bonchev–Trinajstić information content (AvgIpc) is 2.34. The van der Waals surface area contributed by atoms with Gasteiger partial charge in [0.25, 0.3) is 6.43 Å². The zero-order valence-electron chi connectivity index (χ0n) is 10.0. The molecule has 0 radical (unpaired) electrons. The molecule has 1 rings (SSSR count). The number of hydrogen-bond donors (Lipinski definition) is 1. The van der Waals surface area contributed by atoms with Crippen LogP contribution in [-0.4, -0.2) is 24.4 Å². The number of hydrogen-bond acceptors (Lipinski definition) is 5. The van der Waals surface area contributed by atoms with E-state index < -0.39 is 42.3 Å². The molecule has 20 heavy (non-hydrogen) atoms. The Balaban J connectivity index is 3.51. The third kappa shape index (κ3) is 3.76. The highest BCUT2D eigenvalue weighted by molar-refractivity contribution is 5.93. The van der Waals surface area contributed by atoms with Gasteiger partial charge in [-0.3, -0.25) is 0 Å². The van der Waals surface area contributed by atoms with Crippen molar-refractivity contribution in [2.75, 3.05) is 7.11 Å². The lowest BCUT2D eigenvalue weighted by atomic mass is 10.1. The number of alkyl halides is 5. The Morgan fingerprint density at radius 3 is 2.45 bits per heavy atom. The highest BCUT2D eigenvalue weighted by atomic mass is 19.4. The van der Waals surface area contributed by atoms with Crippen molar-refractivity contribution in [3.05, 3.63) is 23.0 Å². The predicted octanol–water partition coefficient (Wildman–Crippen LogP) is 2.16. The number of methoxy groups -OCH3 is 1. The number of rotatable bonds is 4. The smallest absolute Gasteiger partial charge is 0.465 e. The topological polar surface area (TPSA) is 74.4 Å². The molecule has 0 saturated heterocycles. The molecule has 0 atom stereocenters. The summed E-state index contributed by atoms with van der Waals surface area (Å²) in [5.74, 6) is -2.55. The number of nitrogens with zero attached hydrogens (tertiary/aromatic N) is 1. The van der Waals surface area contributed by atoms with Crippen LogP contribution in [0.1, 0.15) is 28.2 Å². The summed E-state index contributed by atoms with van der Waals surface area (Å²) in [6, 6.07) is 0.658. The Kier molecular flexibility index (Phi) is 4.82. The Morgan fingerprint density at radius 1 is 1.45 bits per heavy atom. The van der Waals surface area contributed by atoms with Crippen molar-refractivity contribution in [2.45, 2.75) is 19.3 Å². The van der Waals surface area contributed by atoms with E-state index in [4.69, 9.17) is 5.73 Å². The molecule has 10 heteroatoms. The molecule has 0 saturated carbocycles. The lowest BCUT2D eigenvalue weighted by Gasteiger charge is -2.15. The van der Waals surface area contributed by atoms with Gasteiger partial charge in [0.15, 0.2) is 0 Å². The fourth-order valence-electron chi connectivity index (χ4n) is 1.37. The summed E-state index contributed by atoms with van der Waals surface area (Å²) < 4.78 is 70.1. The van der Waals surface area contributed by atoms with Crippen molar-refractivity contribution in [1.29, 1.82) is 0 Å². The first-order valence-corrected chi connectivity index (χ1v) is 5.05. The minimum absolute atomic E-state index is 0.285. The minimum atomic E-state index is -5.17. The van der Waals surface area contributed by atoms with Gasteiger partial charge in [-0.15, -0.1) is 13.2 Å². The number of ether oxygens (including phenoxy) is 2. The van der Waals surface area contributed by atoms with Crippen LogP contribution in [0.15, 0.2) is 6.07 Å². The molecule has 0 aliphatic heterocycles. The number of carbonyl (C=O) groups is 1. The number of aromatic nitrogens is 1. The van der Waals surface area contributed by atoms with Crippen LogP contribution in [0, 0.1) is 0 Å². The van der Waals surface area contributed by atoms with Gasteiger partial charge in [0.2, 0.25) is 0 Å². The van der Waals surface area contributed by atoms with Crippen LogP contribution >= 0.6 is 0 Å². The lowest BCUT2D eigenvalue weighted by molar-refractivity contribution is -0.274. The van der Waals surface area contributed by atoms with E-state index in [0.717, 1.165) is 7.11 Å². The SMILES string of the molecule is COC(=O)c1c(OC(F)(F)F)cc(CN)nc1C(F)F. The molecule has 0 amide bonds. The van der Waals surface area contributed by atoms with Crippen LogP contribution in [0.4, 0.5) is 22.0 Å². The van der Waals surface area contributed by atoms with Gasteiger partial charge in [-0.25, -0.2) is 18.6 Å². The van der Waals surface area contributed by atoms with Crippen molar-refractivity contribution >= 4 is 5.97 Å². The van der Waals surface area contributed by atoms with E-state index in [1.54, 1.807) is 0 Å². The zero-order valence-corrected chi connectivity index (χ0v) is 10.0. The number of esters is 1. The van der Waals surface area contributed by atoms with Crippen LogP contribution in [-0.2, 0) is 11.3 Å². The van der Waals surface area contributed by atoms with Crippen molar-refractivity contribution in [3.8, 4) is 5.75 Å². The maximum absolute atomic E-state index is 12.8. The molecule has 0 fully saturated rings. The molecule has 5 nitrogen and oxygen atoms in total. The van der Waals surface area contributed by atoms with Gasteiger partial charge in [0.05, 0.1) is 12.8 Å². The van der Waals surface area contributed by atoms with Crippen LogP contribution in [0.25, 0.3) is 0 Å². The Labute approximate surface area is 109 Å². The second-order valence-corrected chi connectivity index (χ2v) is 3.42. The Hall–Kier alpha value is -1.97. The fraction of sp³-hybridized carbons (Fsp3) is 0.400. The van der Waals surface area contributed by atoms with Gasteiger partial charge >= 0.3 is 12.3 Å². The molecule has 0 spiro atoms. The van der Waals surface area contributed by atoms with Crippen molar-refractivity contribution in [3.63, 3.8) is 0 Å². The lowest BCUT2D eigenvalue weighted by Crippen LogP contribution is -2.21. The van der Waals surface area contributed by atoms with E-state index in [1.807, 2.05) is 0 Å². The van der Waals surface area contributed by atoms with Crippen LogP contribution in [0.3, 0.4) is 0 Å². The predicted molar refractivity (Wildman–Crippen MR) is 55.1 cm³/mol. The maximum Gasteiger partial charge on any atom is 0.573 e. The van der Waals surface area contributed by atoms with Gasteiger partial charge in [0, 0.05) is 12.6 Å². The maximum atomic E-state index is 12.8. The van der Waals surface area contributed by atoms with Gasteiger partial charge in [-0.05, 0) is 0 Å². The van der Waals surface area contributed by atoms with Crippen molar-refractivity contribution in [2.24, 2.45) is 5.73 Å². The van der Waals surface area contributed by atoms with E-state index >= 15 is 0 Å². The van der Waals surface area contributed by atoms with Crippen LogP contribution in [0.2, 0.25) is 0 Å². The third-order valence-corrected chi connectivity index (χ3v) is 2.10. The first-order valence-electron chi connectivity index (χ1n) is 5.05. The number of nitrogens with two attached hydrogens (primary N) is 1. The van der Waals surface area contributed by atoms with Crippen molar-refractivity contribution < 1.29 is 36.2 Å². The van der Waals surface area contributed by atoms with Gasteiger partial charge < -0.3 is 15.2 Å². The van der Waals surface area contributed by atoms with E-state index in [2.05, 4.69) is 14.5 Å². The summed E-state index contributed by atoms with van der Waals surface area (Å²) in [4.78, 5) is 14.7. The standard InChI is InChI=1S/C10H9F5N2O3/c1-19-9(18)6-5(20-10(13,14)15)2-4(3-16)17-7(6)8(11)12/h2,8H,3,16H2,1H3. The normalized spacial score (nSPS) is 11.6. The Morgan fingerprint density at radius 2 is 2.05 bits per heavy atom. The molecule has 1 heterocycles. The molecule has 2 N–H and O–H groups in total. The molecule has 1 aromatic heterocycles. The summed E-state index contributed by atoms with van der Waals surface area (Å²) >= 11 is 0. The molecule has 0 unspecified atom stereocenters. The van der Waals surface area contributed by atoms with E-state index in [9.17, 15) is 26.7 Å². The van der Waals surface area contributed by atoms with Crippen LogP contribution < -0.4 is 10.5 Å². The van der Waals surface area contributed by atoms with E-state index in [1.165, 1.54) is 0 Å². The highest BCUT2D eigenvalue weighted by Crippen LogP contribution is 2.33. The monoisotopic (exact) mass is 300 g/mol. The van der Waals surface area contributed by atoms with E-state index in [-0.39, 0.29) is 5.69 Å². The van der Waals surface area contributed by atoms with E-state index in [0.29, 0.717) is 6.07 Å². The second-order valence-electron chi connectivity index (χ2n) is 3.42. The molecule has 0 aromatic carbocycles. The summed E-state index contributed by atoms with van der Waals surface area (Å²) in [5.41, 5.74) is 2.60. The minimum Gasteiger partial charge on any atom is -0.465 e. The molecular formula is C10H9F5N2O3. The highest BCUT2D eigenvalue weighted by Gasteiger charge is 2.36. The van der Waals surface area contributed by atoms with Crippen LogP contribution in [0.5, 0.6) is 5.75 Å². The summed E-state index contributed by atoms with van der Waals surface area (Å²) in [7, 11) is 0.825. The van der Waals surface area contributed by atoms with Crippen molar-refractivity contribution in [1.82, 2.24) is 4.98 Å². The molecule has 0 aliphatic rings. The van der Waals surface area contributed by atoms with Gasteiger partial charge in [-0.1, -0.05) is 0 Å². The molecular weight excluding hydrogens is 291 g/mol. The van der Waals surface area contributed by atoms with Gasteiger partial charge in [-0.2, -0.15) is 0 Å². The number of halogens is 5. The number of carbonyl (C=O) groups excluding carboxylic acids is 1. The largest absolute Gasteiger partial charge is 0.573 e. The molecule has 112 valence electrons. The first kappa shape index (κ1) is 16.1. The number of pyridine rings is 1.